The van der Waals surface area contributed by atoms with Gasteiger partial charge in [0.05, 0.1) is 5.69 Å². The van der Waals surface area contributed by atoms with Crippen LogP contribution in [0.2, 0.25) is 0 Å². The first kappa shape index (κ1) is 11.2. The lowest BCUT2D eigenvalue weighted by molar-refractivity contribution is 0.594. The Hall–Kier alpha value is -1.88. The van der Waals surface area contributed by atoms with Gasteiger partial charge >= 0.3 is 0 Å². The average molecular weight is 259 g/mol. The minimum atomic E-state index is 0.372. The zero-order chi connectivity index (χ0) is 12.7. The van der Waals surface area contributed by atoms with Crippen molar-refractivity contribution in [1.29, 1.82) is 0 Å². The predicted molar refractivity (Wildman–Crippen MR) is 73.6 cm³/mol. The van der Waals surface area contributed by atoms with Crippen LogP contribution in [-0.2, 0) is 0 Å². The highest BCUT2D eigenvalue weighted by molar-refractivity contribution is 7.13. The van der Waals surface area contributed by atoms with E-state index in [4.69, 9.17) is 10.2 Å². The number of thiazole rings is 1. The molecule has 2 aromatic heterocycles. The topological polar surface area (TPSA) is 64.9 Å². The third kappa shape index (κ3) is 1.76. The summed E-state index contributed by atoms with van der Waals surface area (Å²) in [6.07, 6.45) is 1.48. The number of hydrogen-bond acceptors (Lipinski definition) is 5. The summed E-state index contributed by atoms with van der Waals surface area (Å²) >= 11 is 1.44. The van der Waals surface area contributed by atoms with Crippen molar-refractivity contribution in [3.63, 3.8) is 0 Å². The Labute approximate surface area is 108 Å². The number of nitrogens with zero attached hydrogens (tertiary/aromatic N) is 2. The van der Waals surface area contributed by atoms with Crippen LogP contribution in [0.15, 0.2) is 28.3 Å². The molecule has 3 rings (SSSR count). The number of rotatable bonds is 2. The monoisotopic (exact) mass is 259 g/mol. The zero-order valence-corrected chi connectivity index (χ0v) is 11.0. The number of nitrogens with two attached hydrogens (primary N) is 1. The van der Waals surface area contributed by atoms with Crippen molar-refractivity contribution in [2.45, 2.75) is 19.8 Å². The lowest BCUT2D eigenvalue weighted by Crippen LogP contribution is -1.91. The van der Waals surface area contributed by atoms with Gasteiger partial charge in [0.25, 0.3) is 0 Å². The van der Waals surface area contributed by atoms with E-state index in [-0.39, 0.29) is 0 Å². The van der Waals surface area contributed by atoms with E-state index in [9.17, 15) is 0 Å². The van der Waals surface area contributed by atoms with Crippen molar-refractivity contribution >= 4 is 27.6 Å². The maximum atomic E-state index is 5.68. The minimum Gasteiger partial charge on any atom is -0.443 e. The molecule has 3 aromatic rings. The van der Waals surface area contributed by atoms with Gasteiger partial charge in [-0.15, -0.1) is 11.3 Å². The maximum absolute atomic E-state index is 5.68. The standard InChI is InChI=1S/C13H13N3OS/c1-7(2)9-3-8(11-5-18-13(14)16-11)4-10-12(9)17-6-15-10/h3-7H,1-2H3,(H2,14,16). The summed E-state index contributed by atoms with van der Waals surface area (Å²) < 4.78 is 5.45. The van der Waals surface area contributed by atoms with Crippen LogP contribution in [-0.4, -0.2) is 9.97 Å². The van der Waals surface area contributed by atoms with E-state index >= 15 is 0 Å². The lowest BCUT2D eigenvalue weighted by Gasteiger charge is -2.07. The molecule has 92 valence electrons. The molecule has 0 bridgehead atoms. The number of aromatic nitrogens is 2. The molecule has 0 aliphatic carbocycles. The van der Waals surface area contributed by atoms with E-state index in [1.807, 2.05) is 11.4 Å². The SMILES string of the molecule is CC(C)c1cc(-c2csc(N)n2)cc2ncoc12. The van der Waals surface area contributed by atoms with Gasteiger partial charge in [0.2, 0.25) is 0 Å². The van der Waals surface area contributed by atoms with Gasteiger partial charge in [-0.2, -0.15) is 0 Å². The van der Waals surface area contributed by atoms with Crippen LogP contribution in [0.3, 0.4) is 0 Å². The van der Waals surface area contributed by atoms with Gasteiger partial charge in [-0.25, -0.2) is 9.97 Å². The average Bonchev–Trinajstić information content (AvgIpc) is 2.95. The molecule has 0 amide bonds. The Morgan fingerprint density at radius 2 is 2.17 bits per heavy atom. The number of oxazole rings is 1. The summed E-state index contributed by atoms with van der Waals surface area (Å²) in [5.74, 6) is 0.372. The summed E-state index contributed by atoms with van der Waals surface area (Å²) in [7, 11) is 0. The van der Waals surface area contributed by atoms with Crippen molar-refractivity contribution in [3.8, 4) is 11.3 Å². The van der Waals surface area contributed by atoms with Crippen molar-refractivity contribution in [3.05, 3.63) is 29.5 Å². The predicted octanol–water partition coefficient (Wildman–Crippen LogP) is 3.66. The minimum absolute atomic E-state index is 0.372. The number of fused-ring (bicyclic) bond motifs is 1. The van der Waals surface area contributed by atoms with Crippen molar-refractivity contribution in [2.24, 2.45) is 0 Å². The van der Waals surface area contributed by atoms with Gasteiger partial charge in [0, 0.05) is 16.5 Å². The van der Waals surface area contributed by atoms with Crippen LogP contribution in [0.1, 0.15) is 25.3 Å². The Balaban J connectivity index is 2.24. The van der Waals surface area contributed by atoms with Gasteiger partial charge in [-0.1, -0.05) is 13.8 Å². The van der Waals surface area contributed by atoms with Gasteiger partial charge in [-0.3, -0.25) is 0 Å². The van der Waals surface area contributed by atoms with Crippen LogP contribution in [0.5, 0.6) is 0 Å². The Kier molecular flexibility index (Phi) is 2.56. The van der Waals surface area contributed by atoms with Crippen molar-refractivity contribution < 1.29 is 4.42 Å². The molecule has 0 unspecified atom stereocenters. The molecule has 5 heteroatoms. The summed E-state index contributed by atoms with van der Waals surface area (Å²) in [6.45, 7) is 4.27. The van der Waals surface area contributed by atoms with Crippen LogP contribution in [0, 0.1) is 0 Å². The molecule has 18 heavy (non-hydrogen) atoms. The lowest BCUT2D eigenvalue weighted by atomic mass is 9.98. The molecule has 0 spiro atoms. The maximum Gasteiger partial charge on any atom is 0.181 e. The van der Waals surface area contributed by atoms with Gasteiger partial charge in [-0.05, 0) is 18.1 Å². The molecule has 0 aliphatic rings. The fourth-order valence-electron chi connectivity index (χ4n) is 1.99. The number of benzene rings is 1. The molecule has 0 aliphatic heterocycles. The van der Waals surface area contributed by atoms with Gasteiger partial charge < -0.3 is 10.2 Å². The summed E-state index contributed by atoms with van der Waals surface area (Å²) in [6, 6.07) is 4.09. The van der Waals surface area contributed by atoms with E-state index in [2.05, 4.69) is 29.9 Å². The smallest absolute Gasteiger partial charge is 0.181 e. The molecule has 1 aromatic carbocycles. The second-order valence-corrected chi connectivity index (χ2v) is 5.38. The molecule has 0 radical (unpaired) electrons. The molecule has 0 atom stereocenters. The Morgan fingerprint density at radius 1 is 1.33 bits per heavy atom. The van der Waals surface area contributed by atoms with Crippen LogP contribution in [0.25, 0.3) is 22.4 Å². The fraction of sp³-hybridized carbons (Fsp3) is 0.231. The molecule has 0 saturated carbocycles. The van der Waals surface area contributed by atoms with Gasteiger partial charge in [0.1, 0.15) is 5.52 Å². The fourth-order valence-corrected chi connectivity index (χ4v) is 2.56. The highest BCUT2D eigenvalue weighted by Gasteiger charge is 2.13. The van der Waals surface area contributed by atoms with Crippen LogP contribution < -0.4 is 5.73 Å². The van der Waals surface area contributed by atoms with E-state index in [1.54, 1.807) is 0 Å². The molecule has 4 nitrogen and oxygen atoms in total. The third-order valence-electron chi connectivity index (χ3n) is 2.90. The second kappa shape index (κ2) is 4.10. The molecule has 0 fully saturated rings. The normalized spacial score (nSPS) is 11.5. The summed E-state index contributed by atoms with van der Waals surface area (Å²) in [4.78, 5) is 8.54. The number of hydrogen-bond donors (Lipinski definition) is 1. The number of anilines is 1. The van der Waals surface area contributed by atoms with Crippen LogP contribution >= 0.6 is 11.3 Å². The van der Waals surface area contributed by atoms with Gasteiger partial charge in [0.15, 0.2) is 17.1 Å². The molecule has 0 saturated heterocycles. The first-order chi connectivity index (χ1) is 8.65. The summed E-state index contributed by atoms with van der Waals surface area (Å²) in [5.41, 5.74) is 10.5. The zero-order valence-electron chi connectivity index (χ0n) is 10.2. The first-order valence-electron chi connectivity index (χ1n) is 5.73. The molecular formula is C13H13N3OS. The highest BCUT2D eigenvalue weighted by Crippen LogP contribution is 2.32. The van der Waals surface area contributed by atoms with Crippen molar-refractivity contribution in [1.82, 2.24) is 9.97 Å². The Bertz CT molecular complexity index is 699. The second-order valence-electron chi connectivity index (χ2n) is 4.49. The van der Waals surface area contributed by atoms with E-state index in [0.29, 0.717) is 11.0 Å². The molecule has 2 heterocycles. The van der Waals surface area contributed by atoms with Crippen molar-refractivity contribution in [2.75, 3.05) is 5.73 Å². The number of nitrogen functional groups attached to an aromatic ring is 1. The first-order valence-corrected chi connectivity index (χ1v) is 6.61. The van der Waals surface area contributed by atoms with E-state index in [1.165, 1.54) is 17.7 Å². The molecule has 2 N–H and O–H groups in total. The quantitative estimate of drug-likeness (QED) is 0.762. The Morgan fingerprint density at radius 3 is 2.83 bits per heavy atom. The highest BCUT2D eigenvalue weighted by atomic mass is 32.1. The molecular weight excluding hydrogens is 246 g/mol. The summed E-state index contributed by atoms with van der Waals surface area (Å²) in [5, 5.41) is 2.54. The van der Waals surface area contributed by atoms with E-state index < -0.39 is 0 Å². The van der Waals surface area contributed by atoms with E-state index in [0.717, 1.165) is 27.9 Å². The third-order valence-corrected chi connectivity index (χ3v) is 3.57. The van der Waals surface area contributed by atoms with Crippen LogP contribution in [0.4, 0.5) is 5.13 Å². The largest absolute Gasteiger partial charge is 0.443 e.